The summed E-state index contributed by atoms with van der Waals surface area (Å²) in [7, 11) is 1.72. The van der Waals surface area contributed by atoms with Crippen LogP contribution in [-0.4, -0.2) is 27.3 Å². The molecule has 6 heteroatoms. The van der Waals surface area contributed by atoms with Gasteiger partial charge in [0.25, 0.3) is 0 Å². The summed E-state index contributed by atoms with van der Waals surface area (Å²) in [4.78, 5) is 8.50. The maximum Gasteiger partial charge on any atom is 0.160 e. The Morgan fingerprint density at radius 3 is 3.19 bits per heavy atom. The molecule has 0 saturated carbocycles. The highest BCUT2D eigenvalue weighted by Gasteiger charge is 2.25. The van der Waals surface area contributed by atoms with Crippen molar-refractivity contribution in [3.05, 3.63) is 41.9 Å². The molecule has 1 atom stereocenters. The van der Waals surface area contributed by atoms with Crippen LogP contribution < -0.4 is 10.1 Å². The van der Waals surface area contributed by atoms with Crippen molar-refractivity contribution in [2.45, 2.75) is 18.9 Å². The Morgan fingerprint density at radius 2 is 2.29 bits per heavy atom. The fraction of sp³-hybridized carbons (Fsp3) is 0.267. The number of benzene rings is 1. The molecule has 3 aromatic rings. The first-order chi connectivity index (χ1) is 10.4. The van der Waals surface area contributed by atoms with Crippen molar-refractivity contribution in [2.75, 3.05) is 12.4 Å². The van der Waals surface area contributed by atoms with Crippen LogP contribution >= 0.6 is 0 Å². The number of ether oxygens (including phenoxy) is 1. The molecule has 0 amide bonds. The van der Waals surface area contributed by atoms with Crippen LogP contribution in [0.2, 0.25) is 0 Å². The lowest BCUT2D eigenvalue weighted by Crippen LogP contribution is -2.09. The highest BCUT2D eigenvalue weighted by atomic mass is 16.5. The number of hydrogen-bond donors (Lipinski definition) is 2. The van der Waals surface area contributed by atoms with Crippen molar-refractivity contribution in [1.29, 1.82) is 0 Å². The van der Waals surface area contributed by atoms with E-state index in [1.807, 2.05) is 12.1 Å². The van der Waals surface area contributed by atoms with Gasteiger partial charge in [0.15, 0.2) is 5.65 Å². The summed E-state index contributed by atoms with van der Waals surface area (Å²) in [5, 5.41) is 11.3. The van der Waals surface area contributed by atoms with E-state index in [1.54, 1.807) is 19.6 Å². The molecule has 1 aliphatic rings. The van der Waals surface area contributed by atoms with Gasteiger partial charge in [-0.25, -0.2) is 9.97 Å². The number of fused-ring (bicyclic) bond motifs is 2. The van der Waals surface area contributed by atoms with E-state index >= 15 is 0 Å². The molecule has 21 heavy (non-hydrogen) atoms. The second-order valence-corrected chi connectivity index (χ2v) is 5.12. The summed E-state index contributed by atoms with van der Waals surface area (Å²) in [5.74, 6) is 1.78. The monoisotopic (exact) mass is 281 g/mol. The summed E-state index contributed by atoms with van der Waals surface area (Å²) in [6.07, 6.45) is 5.33. The molecule has 1 unspecified atom stereocenters. The highest BCUT2D eigenvalue weighted by Crippen LogP contribution is 2.38. The number of anilines is 1. The second-order valence-electron chi connectivity index (χ2n) is 5.12. The van der Waals surface area contributed by atoms with Gasteiger partial charge in [-0.05, 0) is 30.0 Å². The number of aromatic nitrogens is 4. The first kappa shape index (κ1) is 12.1. The van der Waals surface area contributed by atoms with Crippen LogP contribution in [-0.2, 0) is 6.42 Å². The minimum absolute atomic E-state index is 0.239. The molecule has 2 N–H and O–H groups in total. The van der Waals surface area contributed by atoms with Gasteiger partial charge in [0.2, 0.25) is 0 Å². The fourth-order valence-corrected chi connectivity index (χ4v) is 3.01. The third kappa shape index (κ3) is 1.91. The summed E-state index contributed by atoms with van der Waals surface area (Å²) in [5.41, 5.74) is 3.32. The topological polar surface area (TPSA) is 75.7 Å². The van der Waals surface area contributed by atoms with Gasteiger partial charge >= 0.3 is 0 Å². The molecule has 1 aromatic carbocycles. The summed E-state index contributed by atoms with van der Waals surface area (Å²) in [6.45, 7) is 0. The molecule has 0 aliphatic heterocycles. The van der Waals surface area contributed by atoms with Crippen LogP contribution in [0.4, 0.5) is 5.82 Å². The third-order valence-corrected chi connectivity index (χ3v) is 4.01. The number of aromatic amines is 1. The predicted molar refractivity (Wildman–Crippen MR) is 79.4 cm³/mol. The van der Waals surface area contributed by atoms with Crippen LogP contribution in [0.5, 0.6) is 5.75 Å². The Kier molecular flexibility index (Phi) is 2.73. The lowest BCUT2D eigenvalue weighted by atomic mass is 10.1. The number of hydrogen-bond acceptors (Lipinski definition) is 5. The van der Waals surface area contributed by atoms with Crippen molar-refractivity contribution < 1.29 is 4.74 Å². The molecule has 6 nitrogen and oxygen atoms in total. The van der Waals surface area contributed by atoms with Gasteiger partial charge in [-0.2, -0.15) is 5.10 Å². The largest absolute Gasteiger partial charge is 0.496 e. The fourth-order valence-electron chi connectivity index (χ4n) is 3.01. The molecule has 1 aliphatic carbocycles. The van der Waals surface area contributed by atoms with Crippen molar-refractivity contribution in [1.82, 2.24) is 20.2 Å². The van der Waals surface area contributed by atoms with E-state index in [-0.39, 0.29) is 6.04 Å². The smallest absolute Gasteiger partial charge is 0.160 e. The molecular formula is C15H15N5O. The maximum atomic E-state index is 5.45. The zero-order valence-corrected chi connectivity index (χ0v) is 11.6. The van der Waals surface area contributed by atoms with Gasteiger partial charge in [0, 0.05) is 0 Å². The predicted octanol–water partition coefficient (Wildman–Crippen LogP) is 2.46. The average Bonchev–Trinajstić information content (AvgIpc) is 3.14. The standard InChI is InChI=1S/C15H15N5O/c1-21-13-4-2-3-9-10(13)5-6-12(9)19-14-11-7-18-20-15(11)17-8-16-14/h2-4,7-8,12H,5-6H2,1H3,(H2,16,17,18,19,20). The van der Waals surface area contributed by atoms with Crippen molar-refractivity contribution >= 4 is 16.9 Å². The molecule has 2 heterocycles. The van der Waals surface area contributed by atoms with Gasteiger partial charge < -0.3 is 10.1 Å². The van der Waals surface area contributed by atoms with Gasteiger partial charge in [0.1, 0.15) is 17.9 Å². The Hall–Kier alpha value is -2.63. The Morgan fingerprint density at radius 1 is 1.33 bits per heavy atom. The zero-order valence-electron chi connectivity index (χ0n) is 11.6. The van der Waals surface area contributed by atoms with Crippen molar-refractivity contribution in [2.24, 2.45) is 0 Å². The molecule has 2 aromatic heterocycles. The first-order valence-corrected chi connectivity index (χ1v) is 6.93. The minimum Gasteiger partial charge on any atom is -0.496 e. The lowest BCUT2D eigenvalue weighted by Gasteiger charge is -2.15. The summed E-state index contributed by atoms with van der Waals surface area (Å²) < 4.78 is 5.45. The highest BCUT2D eigenvalue weighted by molar-refractivity contribution is 5.85. The molecule has 0 radical (unpaired) electrons. The second kappa shape index (κ2) is 4.73. The van der Waals surface area contributed by atoms with Gasteiger partial charge in [-0.1, -0.05) is 12.1 Å². The van der Waals surface area contributed by atoms with Crippen LogP contribution in [0.1, 0.15) is 23.6 Å². The summed E-state index contributed by atoms with van der Waals surface area (Å²) in [6, 6.07) is 6.43. The molecule has 0 fully saturated rings. The quantitative estimate of drug-likeness (QED) is 0.771. The Labute approximate surface area is 121 Å². The van der Waals surface area contributed by atoms with Gasteiger partial charge in [0.05, 0.1) is 24.7 Å². The molecule has 0 saturated heterocycles. The SMILES string of the molecule is COc1cccc2c1CCC2Nc1ncnc2[nH]ncc12. The molecule has 0 spiro atoms. The van der Waals surface area contributed by atoms with Crippen LogP contribution in [0.25, 0.3) is 11.0 Å². The van der Waals surface area contributed by atoms with Crippen molar-refractivity contribution in [3.63, 3.8) is 0 Å². The maximum absolute atomic E-state index is 5.45. The van der Waals surface area contributed by atoms with Crippen LogP contribution in [0.15, 0.2) is 30.7 Å². The Bertz CT molecular complexity index is 798. The van der Waals surface area contributed by atoms with Gasteiger partial charge in [-0.15, -0.1) is 0 Å². The zero-order chi connectivity index (χ0) is 14.2. The van der Waals surface area contributed by atoms with E-state index in [2.05, 4.69) is 31.5 Å². The first-order valence-electron chi connectivity index (χ1n) is 6.93. The summed E-state index contributed by atoms with van der Waals surface area (Å²) >= 11 is 0. The van der Waals surface area contributed by atoms with Crippen molar-refractivity contribution in [3.8, 4) is 5.75 Å². The average molecular weight is 281 g/mol. The number of nitrogens with zero attached hydrogens (tertiary/aromatic N) is 3. The number of nitrogens with one attached hydrogen (secondary N) is 2. The van der Waals surface area contributed by atoms with Gasteiger partial charge in [-0.3, -0.25) is 5.10 Å². The molecule has 0 bridgehead atoms. The minimum atomic E-state index is 0.239. The van der Waals surface area contributed by atoms with Crippen LogP contribution in [0.3, 0.4) is 0 Å². The van der Waals surface area contributed by atoms with E-state index in [0.29, 0.717) is 0 Å². The molecule has 4 rings (SSSR count). The van der Waals surface area contributed by atoms with E-state index < -0.39 is 0 Å². The van der Waals surface area contributed by atoms with E-state index in [0.717, 1.165) is 35.4 Å². The van der Waals surface area contributed by atoms with E-state index in [4.69, 9.17) is 4.74 Å². The Balaban J connectivity index is 1.70. The third-order valence-electron chi connectivity index (χ3n) is 4.01. The van der Waals surface area contributed by atoms with Crippen LogP contribution in [0, 0.1) is 0 Å². The number of rotatable bonds is 3. The van der Waals surface area contributed by atoms with E-state index in [1.165, 1.54) is 11.1 Å². The number of methoxy groups -OCH3 is 1. The normalized spacial score (nSPS) is 16.9. The lowest BCUT2D eigenvalue weighted by molar-refractivity contribution is 0.410. The van der Waals surface area contributed by atoms with E-state index in [9.17, 15) is 0 Å². The molecule has 106 valence electrons. The molecular weight excluding hydrogens is 266 g/mol. The number of H-pyrrole nitrogens is 1.